The van der Waals surface area contributed by atoms with Gasteiger partial charge in [-0.05, 0) is 51.5 Å². The van der Waals surface area contributed by atoms with Gasteiger partial charge in [-0.15, -0.1) is 21.5 Å². The second kappa shape index (κ2) is 8.47. The van der Waals surface area contributed by atoms with Crippen LogP contribution in [0.4, 0.5) is 5.00 Å². The van der Waals surface area contributed by atoms with Crippen LogP contribution in [0.5, 0.6) is 0 Å². The number of carbonyl (C=O) groups is 2. The zero-order valence-corrected chi connectivity index (χ0v) is 18.6. The Morgan fingerprint density at radius 3 is 2.62 bits per heavy atom. The number of ether oxygens (including phenoxy) is 1. The summed E-state index contributed by atoms with van der Waals surface area (Å²) in [6.45, 7) is 6.05. The summed E-state index contributed by atoms with van der Waals surface area (Å²) in [7, 11) is 0. The van der Waals surface area contributed by atoms with Gasteiger partial charge in [0.1, 0.15) is 10.8 Å². The van der Waals surface area contributed by atoms with Gasteiger partial charge in [-0.3, -0.25) is 4.79 Å². The number of hydrogen-bond donors (Lipinski definition) is 1. The molecule has 0 unspecified atom stereocenters. The fraction of sp³-hybridized carbons (Fsp3) is 0.600. The van der Waals surface area contributed by atoms with Gasteiger partial charge in [0, 0.05) is 16.8 Å². The molecular formula is C20H26N4O3S2. The summed E-state index contributed by atoms with van der Waals surface area (Å²) >= 11 is 2.84. The molecule has 0 aromatic carbocycles. The highest BCUT2D eigenvalue weighted by Crippen LogP contribution is 2.46. The number of thiophene rings is 1. The highest BCUT2D eigenvalue weighted by Gasteiger charge is 2.36. The van der Waals surface area contributed by atoms with Crippen LogP contribution < -0.4 is 5.32 Å². The van der Waals surface area contributed by atoms with Crippen LogP contribution >= 0.6 is 23.1 Å². The Labute approximate surface area is 178 Å². The monoisotopic (exact) mass is 434 g/mol. The Morgan fingerprint density at radius 1 is 1.24 bits per heavy atom. The van der Waals surface area contributed by atoms with Gasteiger partial charge >= 0.3 is 5.97 Å². The van der Waals surface area contributed by atoms with Gasteiger partial charge in [-0.2, -0.15) is 0 Å². The SMILES string of the molecule is CCOC(=O)c1c(NC(=O)CSc2nnc(C3CC3)n2C2CC2)sc(C)c1CC. The number of anilines is 1. The molecule has 0 radical (unpaired) electrons. The summed E-state index contributed by atoms with van der Waals surface area (Å²) in [6.07, 6.45) is 5.41. The molecule has 9 heteroatoms. The molecule has 1 N–H and O–H groups in total. The third kappa shape index (κ3) is 4.35. The summed E-state index contributed by atoms with van der Waals surface area (Å²) < 4.78 is 7.45. The van der Waals surface area contributed by atoms with Crippen molar-refractivity contribution in [3.8, 4) is 0 Å². The largest absolute Gasteiger partial charge is 0.462 e. The van der Waals surface area contributed by atoms with Crippen molar-refractivity contribution in [2.45, 2.75) is 70.0 Å². The van der Waals surface area contributed by atoms with Crippen LogP contribution in [0.3, 0.4) is 0 Å². The fourth-order valence-electron chi connectivity index (χ4n) is 3.49. The molecule has 1 amide bonds. The lowest BCUT2D eigenvalue weighted by Gasteiger charge is -2.09. The molecule has 0 saturated heterocycles. The summed E-state index contributed by atoms with van der Waals surface area (Å²) in [5, 5.41) is 13.1. The van der Waals surface area contributed by atoms with E-state index in [9.17, 15) is 9.59 Å². The van der Waals surface area contributed by atoms with E-state index >= 15 is 0 Å². The number of nitrogens with one attached hydrogen (secondary N) is 1. The van der Waals surface area contributed by atoms with Crippen molar-refractivity contribution in [1.82, 2.24) is 14.8 Å². The predicted octanol–water partition coefficient (Wildman–Crippen LogP) is 4.33. The minimum atomic E-state index is -0.376. The molecule has 29 heavy (non-hydrogen) atoms. The Bertz CT molecular complexity index is 929. The van der Waals surface area contributed by atoms with E-state index in [1.165, 1.54) is 35.9 Å². The highest BCUT2D eigenvalue weighted by molar-refractivity contribution is 7.99. The molecule has 0 spiro atoms. The normalized spacial score (nSPS) is 16.1. The molecule has 2 fully saturated rings. The van der Waals surface area contributed by atoms with E-state index in [0.717, 1.165) is 40.7 Å². The minimum absolute atomic E-state index is 0.150. The number of esters is 1. The van der Waals surface area contributed by atoms with Crippen molar-refractivity contribution >= 4 is 40.0 Å². The van der Waals surface area contributed by atoms with E-state index in [2.05, 4.69) is 20.1 Å². The molecule has 7 nitrogen and oxygen atoms in total. The first-order valence-electron chi connectivity index (χ1n) is 10.2. The highest BCUT2D eigenvalue weighted by atomic mass is 32.2. The van der Waals surface area contributed by atoms with Crippen LogP contribution in [0.1, 0.15) is 78.1 Å². The van der Waals surface area contributed by atoms with Crippen molar-refractivity contribution < 1.29 is 14.3 Å². The number of rotatable bonds is 9. The van der Waals surface area contributed by atoms with Gasteiger partial charge in [-0.25, -0.2) is 4.79 Å². The minimum Gasteiger partial charge on any atom is -0.462 e. The topological polar surface area (TPSA) is 86.1 Å². The van der Waals surface area contributed by atoms with Crippen molar-refractivity contribution in [3.63, 3.8) is 0 Å². The predicted molar refractivity (Wildman–Crippen MR) is 114 cm³/mol. The molecule has 0 aliphatic heterocycles. The zero-order chi connectivity index (χ0) is 20.5. The number of thioether (sulfide) groups is 1. The molecule has 0 bridgehead atoms. The molecule has 0 atom stereocenters. The number of nitrogens with zero attached hydrogens (tertiary/aromatic N) is 3. The summed E-state index contributed by atoms with van der Waals surface area (Å²) in [4.78, 5) is 26.1. The second-order valence-electron chi connectivity index (χ2n) is 7.47. The second-order valence-corrected chi connectivity index (χ2v) is 9.64. The van der Waals surface area contributed by atoms with E-state index in [1.807, 2.05) is 13.8 Å². The maximum atomic E-state index is 12.6. The summed E-state index contributed by atoms with van der Waals surface area (Å²) in [5.74, 6) is 1.33. The third-order valence-corrected chi connectivity index (χ3v) is 7.18. The number of hydrogen-bond acceptors (Lipinski definition) is 7. The molecule has 2 heterocycles. The molecule has 156 valence electrons. The molecule has 2 aromatic rings. The van der Waals surface area contributed by atoms with Crippen molar-refractivity contribution in [2.24, 2.45) is 0 Å². The molecule has 2 saturated carbocycles. The Balaban J connectivity index is 1.45. The van der Waals surface area contributed by atoms with Gasteiger partial charge in [-0.1, -0.05) is 18.7 Å². The summed E-state index contributed by atoms with van der Waals surface area (Å²) in [5.41, 5.74) is 1.44. The third-order valence-electron chi connectivity index (χ3n) is 5.17. The molecule has 2 aromatic heterocycles. The average Bonchev–Trinajstić information content (AvgIpc) is 3.62. The molecule has 2 aliphatic carbocycles. The van der Waals surface area contributed by atoms with Gasteiger partial charge in [0.2, 0.25) is 5.91 Å². The quantitative estimate of drug-likeness (QED) is 0.467. The van der Waals surface area contributed by atoms with Crippen LogP contribution in [0.2, 0.25) is 0 Å². The van der Waals surface area contributed by atoms with Crippen molar-refractivity contribution in [1.29, 1.82) is 0 Å². The summed E-state index contributed by atoms with van der Waals surface area (Å²) in [6, 6.07) is 0.494. The standard InChI is InChI=1S/C20H26N4O3S2/c1-4-14-11(3)29-18(16(14)19(26)27-5-2)21-15(25)10-28-20-23-22-17(12-6-7-12)24(20)13-8-9-13/h12-13H,4-10H2,1-3H3,(H,21,25). The Kier molecular flexibility index (Phi) is 5.96. The Hall–Kier alpha value is -1.87. The zero-order valence-electron chi connectivity index (χ0n) is 17.0. The number of aryl methyl sites for hydroxylation is 1. The van der Waals surface area contributed by atoms with Crippen molar-refractivity contribution in [3.05, 3.63) is 21.8 Å². The van der Waals surface area contributed by atoms with E-state index in [-0.39, 0.29) is 17.6 Å². The smallest absolute Gasteiger partial charge is 0.341 e. The van der Waals surface area contributed by atoms with E-state index in [4.69, 9.17) is 4.74 Å². The Morgan fingerprint density at radius 2 is 2.00 bits per heavy atom. The van der Waals surface area contributed by atoms with E-state index < -0.39 is 0 Å². The van der Waals surface area contributed by atoms with E-state index in [0.29, 0.717) is 29.1 Å². The van der Waals surface area contributed by atoms with Gasteiger partial charge < -0.3 is 14.6 Å². The van der Waals surface area contributed by atoms with Gasteiger partial charge in [0.15, 0.2) is 5.16 Å². The number of aromatic nitrogens is 3. The first kappa shape index (κ1) is 20.4. The molecular weight excluding hydrogens is 408 g/mol. The maximum absolute atomic E-state index is 12.6. The van der Waals surface area contributed by atoms with Crippen LogP contribution in [-0.2, 0) is 16.0 Å². The van der Waals surface area contributed by atoms with E-state index in [1.54, 1.807) is 6.92 Å². The number of amides is 1. The maximum Gasteiger partial charge on any atom is 0.341 e. The van der Waals surface area contributed by atoms with Gasteiger partial charge in [0.25, 0.3) is 0 Å². The first-order valence-corrected chi connectivity index (χ1v) is 12.0. The molecule has 4 rings (SSSR count). The molecule has 2 aliphatic rings. The van der Waals surface area contributed by atoms with Crippen LogP contribution in [-0.4, -0.2) is 39.0 Å². The van der Waals surface area contributed by atoms with Crippen LogP contribution in [0.25, 0.3) is 0 Å². The average molecular weight is 435 g/mol. The van der Waals surface area contributed by atoms with Crippen LogP contribution in [0.15, 0.2) is 5.16 Å². The lowest BCUT2D eigenvalue weighted by molar-refractivity contribution is -0.113. The fourth-order valence-corrected chi connectivity index (χ4v) is 5.45. The van der Waals surface area contributed by atoms with Crippen molar-refractivity contribution in [2.75, 3.05) is 17.7 Å². The lowest BCUT2D eigenvalue weighted by Crippen LogP contribution is -2.17. The van der Waals surface area contributed by atoms with Gasteiger partial charge in [0.05, 0.1) is 17.9 Å². The number of carbonyl (C=O) groups excluding carboxylic acids is 2. The van der Waals surface area contributed by atoms with Crippen LogP contribution in [0, 0.1) is 6.92 Å². The lowest BCUT2D eigenvalue weighted by atomic mass is 10.1. The first-order chi connectivity index (χ1) is 14.0.